The molecule has 0 spiro atoms. The van der Waals surface area contributed by atoms with Crippen molar-refractivity contribution in [3.05, 3.63) is 364 Å². The molecule has 2 aliphatic rings. The minimum absolute atomic E-state index is 0.0982. The first-order chi connectivity index (χ1) is 41.3. The lowest BCUT2D eigenvalue weighted by molar-refractivity contribution is 0.103. The zero-order chi connectivity index (χ0) is 56.6. The van der Waals surface area contributed by atoms with Crippen LogP contribution in [0, 0.1) is 18.8 Å². The first-order valence-corrected chi connectivity index (χ1v) is 28.2. The van der Waals surface area contributed by atoms with Crippen LogP contribution in [0.1, 0.15) is 77.1 Å². The summed E-state index contributed by atoms with van der Waals surface area (Å²) in [7, 11) is 1.69. The fraction of sp³-hybridized carbons (Fsp3) is 0.0506. The molecule has 400 valence electrons. The summed E-state index contributed by atoms with van der Waals surface area (Å²) in [6, 6.07) is 99.1. The van der Waals surface area contributed by atoms with Crippen molar-refractivity contribution in [3.63, 3.8) is 0 Å². The molecule has 12 aromatic carbocycles. The Balaban J connectivity index is 0.665. The lowest BCUT2D eigenvalue weighted by Crippen LogP contribution is -2.28. The van der Waals surface area contributed by atoms with Gasteiger partial charge in [-0.1, -0.05) is 175 Å². The third-order valence-electron chi connectivity index (χ3n) is 16.5. The highest BCUT2D eigenvalue weighted by Crippen LogP contribution is 2.58. The van der Waals surface area contributed by atoms with Crippen LogP contribution in [0.3, 0.4) is 0 Å². The third-order valence-corrected chi connectivity index (χ3v) is 16.5. The fourth-order valence-corrected chi connectivity index (χ4v) is 12.5. The highest BCUT2D eigenvalue weighted by atomic mass is 16.5. The van der Waals surface area contributed by atoms with Gasteiger partial charge in [0.1, 0.15) is 40.2 Å². The van der Waals surface area contributed by atoms with E-state index in [1.165, 1.54) is 50.1 Å². The first-order valence-electron chi connectivity index (χ1n) is 28.2. The number of carbonyl (C=O) groups excluding carboxylic acids is 1. The van der Waals surface area contributed by atoms with E-state index in [0.29, 0.717) is 34.1 Å². The Labute approximate surface area is 489 Å². The van der Waals surface area contributed by atoms with Crippen LogP contribution in [-0.2, 0) is 10.8 Å². The summed E-state index contributed by atoms with van der Waals surface area (Å²) >= 11 is 0. The van der Waals surface area contributed by atoms with Gasteiger partial charge in [-0.15, -0.1) is 0 Å². The summed E-state index contributed by atoms with van der Waals surface area (Å²) in [6.07, 6.45) is 0. The van der Waals surface area contributed by atoms with Gasteiger partial charge >= 0.3 is 0 Å². The van der Waals surface area contributed by atoms with Crippen molar-refractivity contribution in [2.75, 3.05) is 7.11 Å². The maximum Gasteiger partial charge on any atom is 0.193 e. The van der Waals surface area contributed by atoms with Gasteiger partial charge in [0.15, 0.2) is 5.78 Å². The van der Waals surface area contributed by atoms with E-state index in [2.05, 4.69) is 189 Å². The number of ketones is 1. The maximum absolute atomic E-state index is 13.9. The molecule has 5 nitrogen and oxygen atoms in total. The van der Waals surface area contributed by atoms with E-state index in [1.807, 2.05) is 121 Å². The molecule has 0 bridgehead atoms. The third kappa shape index (κ3) is 9.08. The summed E-state index contributed by atoms with van der Waals surface area (Å²) in [4.78, 5) is 13.9. The Morgan fingerprint density at radius 1 is 0.298 bits per heavy atom. The SMILES string of the molecule is COc1ccc(C2(c3ccc(Oc4ccc(C(=O)c5ccc(Oc6ccc(C7(c8ccc(Oc9ccc(C#Cc%10ccc(C)cc%10)cc9)cc8)c8ccccc8-c8ccccc87)cc6)cc5)cc4)cc3)c3ccccc3-c3ccccc32)cc1. The monoisotopic (exact) mass is 1080 g/mol. The van der Waals surface area contributed by atoms with Crippen molar-refractivity contribution in [1.29, 1.82) is 0 Å². The van der Waals surface area contributed by atoms with E-state index in [4.69, 9.17) is 18.9 Å². The van der Waals surface area contributed by atoms with Gasteiger partial charge in [-0.2, -0.15) is 0 Å². The molecule has 0 heterocycles. The van der Waals surface area contributed by atoms with E-state index in [9.17, 15) is 4.79 Å². The minimum atomic E-state index is -0.612. The van der Waals surface area contributed by atoms with Gasteiger partial charge in [-0.25, -0.2) is 0 Å². The summed E-state index contributed by atoms with van der Waals surface area (Å²) in [5.41, 5.74) is 17.3. The molecule has 0 saturated carbocycles. The Hall–Kier alpha value is -10.9. The number of aryl methyl sites for hydroxylation is 1. The molecule has 0 radical (unpaired) electrons. The van der Waals surface area contributed by atoms with E-state index >= 15 is 0 Å². The minimum Gasteiger partial charge on any atom is -0.497 e. The van der Waals surface area contributed by atoms with Crippen molar-refractivity contribution in [3.8, 4) is 74.3 Å². The van der Waals surface area contributed by atoms with Gasteiger partial charge < -0.3 is 18.9 Å². The van der Waals surface area contributed by atoms with E-state index in [1.54, 1.807) is 7.11 Å². The van der Waals surface area contributed by atoms with Crippen molar-refractivity contribution in [2.45, 2.75) is 17.8 Å². The van der Waals surface area contributed by atoms with Crippen molar-refractivity contribution in [1.82, 2.24) is 0 Å². The summed E-state index contributed by atoms with van der Waals surface area (Å²) in [6.45, 7) is 2.07. The molecule has 14 rings (SSSR count). The van der Waals surface area contributed by atoms with Gasteiger partial charge in [-0.05, 0) is 207 Å². The molecule has 0 amide bonds. The molecule has 0 aliphatic heterocycles. The van der Waals surface area contributed by atoms with Crippen LogP contribution in [0.15, 0.2) is 291 Å². The average Bonchev–Trinajstić information content (AvgIpc) is 1.81. The molecule has 12 aromatic rings. The van der Waals surface area contributed by atoms with Crippen molar-refractivity contribution in [2.24, 2.45) is 0 Å². The van der Waals surface area contributed by atoms with Crippen LogP contribution in [-0.4, -0.2) is 12.9 Å². The second-order valence-corrected chi connectivity index (χ2v) is 21.3. The zero-order valence-corrected chi connectivity index (χ0v) is 46.3. The summed E-state index contributed by atoms with van der Waals surface area (Å²) in [5.74, 6) is 11.3. The van der Waals surface area contributed by atoms with E-state index in [0.717, 1.165) is 50.6 Å². The van der Waals surface area contributed by atoms with Gasteiger partial charge in [0.25, 0.3) is 0 Å². The standard InChI is InChI=1S/C79H54O5/c1-53-19-21-54(22-20-53)23-24-55-25-39-63(40-26-55)82-66-47-33-60(34-48-66)79(75-17-9-5-13-71(75)72-14-6-10-18-76(72)79)61-37-51-68(52-38-61)84-65-43-29-57(30-44-65)77(80)56-27-41-64(42-28-56)83-67-49-35-59(36-50-67)78(58-31-45-62(81-2)46-32-58)73-15-7-3-11-69(73)70-12-4-8-16-74(70)78/h3-22,25-52H,1-2H3. The Kier molecular flexibility index (Phi) is 13.1. The molecule has 0 saturated heterocycles. The van der Waals surface area contributed by atoms with Gasteiger partial charge in [0, 0.05) is 22.3 Å². The second kappa shape index (κ2) is 21.5. The first kappa shape index (κ1) is 51.2. The quantitative estimate of drug-likeness (QED) is 0.0851. The topological polar surface area (TPSA) is 54.0 Å². The molecular weight excluding hydrogens is 1030 g/mol. The van der Waals surface area contributed by atoms with Gasteiger partial charge in [-0.3, -0.25) is 4.79 Å². The predicted octanol–water partition coefficient (Wildman–Crippen LogP) is 18.7. The van der Waals surface area contributed by atoms with Crippen LogP contribution in [0.2, 0.25) is 0 Å². The molecule has 0 N–H and O–H groups in total. The number of fused-ring (bicyclic) bond motifs is 6. The maximum atomic E-state index is 13.9. The molecule has 0 fully saturated rings. The van der Waals surface area contributed by atoms with Crippen LogP contribution < -0.4 is 18.9 Å². The van der Waals surface area contributed by atoms with Crippen molar-refractivity contribution >= 4 is 5.78 Å². The van der Waals surface area contributed by atoms with Crippen LogP contribution in [0.5, 0.6) is 40.2 Å². The average molecular weight is 1080 g/mol. The van der Waals surface area contributed by atoms with Gasteiger partial charge in [0.2, 0.25) is 0 Å². The second-order valence-electron chi connectivity index (χ2n) is 21.3. The van der Waals surface area contributed by atoms with Crippen molar-refractivity contribution < 1.29 is 23.7 Å². The normalized spacial score (nSPS) is 12.8. The van der Waals surface area contributed by atoms with Crippen LogP contribution in [0.4, 0.5) is 0 Å². The van der Waals surface area contributed by atoms with E-state index in [-0.39, 0.29) is 5.78 Å². The number of benzene rings is 12. The highest BCUT2D eigenvalue weighted by Gasteiger charge is 2.47. The Morgan fingerprint density at radius 3 is 0.845 bits per heavy atom. The lowest BCUT2D eigenvalue weighted by atomic mass is 9.68. The smallest absolute Gasteiger partial charge is 0.193 e. The number of rotatable bonds is 13. The van der Waals surface area contributed by atoms with Crippen LogP contribution in [0.25, 0.3) is 22.3 Å². The number of ether oxygens (including phenoxy) is 4. The number of hydrogen-bond donors (Lipinski definition) is 0. The van der Waals surface area contributed by atoms with Gasteiger partial charge in [0.05, 0.1) is 17.9 Å². The fourth-order valence-electron chi connectivity index (χ4n) is 12.5. The lowest BCUT2D eigenvalue weighted by Gasteiger charge is -2.34. The molecule has 2 aliphatic carbocycles. The molecule has 84 heavy (non-hydrogen) atoms. The van der Waals surface area contributed by atoms with Crippen LogP contribution >= 0.6 is 0 Å². The number of hydrogen-bond acceptors (Lipinski definition) is 5. The highest BCUT2D eigenvalue weighted by molar-refractivity contribution is 6.09. The molecular formula is C79H54O5. The number of methoxy groups -OCH3 is 1. The summed E-state index contributed by atoms with van der Waals surface area (Å²) in [5, 5.41) is 0. The number of carbonyl (C=O) groups is 1. The summed E-state index contributed by atoms with van der Waals surface area (Å²) < 4.78 is 24.8. The zero-order valence-electron chi connectivity index (χ0n) is 46.3. The molecule has 0 unspecified atom stereocenters. The predicted molar refractivity (Wildman–Crippen MR) is 334 cm³/mol. The van der Waals surface area contributed by atoms with E-state index < -0.39 is 10.8 Å². The Morgan fingerprint density at radius 2 is 0.548 bits per heavy atom. The molecule has 0 atom stereocenters. The largest absolute Gasteiger partial charge is 0.497 e. The Bertz CT molecular complexity index is 4370. The molecule has 5 heteroatoms. The molecule has 0 aromatic heterocycles.